The van der Waals surface area contributed by atoms with Crippen LogP contribution in [0.2, 0.25) is 61.4 Å². The van der Waals surface area contributed by atoms with Crippen LogP contribution in [0.4, 0.5) is 0 Å². The van der Waals surface area contributed by atoms with Crippen molar-refractivity contribution >= 4 is 34.5 Å². The summed E-state index contributed by atoms with van der Waals surface area (Å²) < 4.78 is 15.3. The molecule has 0 bridgehead atoms. The molecule has 0 amide bonds. The van der Waals surface area contributed by atoms with E-state index in [-0.39, 0.29) is 5.22 Å². The molecule has 2 aromatic carbocycles. The van der Waals surface area contributed by atoms with Crippen LogP contribution >= 0.6 is 0 Å². The second-order valence-electron chi connectivity index (χ2n) is 20.8. The van der Waals surface area contributed by atoms with Crippen molar-refractivity contribution in [2.24, 2.45) is 0 Å². The second-order valence-corrected chi connectivity index (χ2v) is 36.2. The van der Waals surface area contributed by atoms with Gasteiger partial charge in [-0.1, -0.05) is 167 Å². The normalized spacial score (nSPS) is 23.6. The summed E-state index contributed by atoms with van der Waals surface area (Å²) in [5, 5.41) is 19.6. The van der Waals surface area contributed by atoms with Crippen molar-refractivity contribution in [3.63, 3.8) is 0 Å². The van der Waals surface area contributed by atoms with E-state index in [1.54, 1.807) is 12.1 Å². The van der Waals surface area contributed by atoms with Crippen molar-refractivity contribution in [1.29, 1.82) is 0 Å². The summed E-state index contributed by atoms with van der Waals surface area (Å²) in [6.07, 6.45) is 30.8. The van der Waals surface area contributed by atoms with Gasteiger partial charge in [0.1, 0.15) is 11.5 Å². The van der Waals surface area contributed by atoms with E-state index in [2.05, 4.69) is 79.1 Å². The van der Waals surface area contributed by atoms with Gasteiger partial charge < -0.3 is 18.8 Å². The zero-order chi connectivity index (χ0) is 43.4. The molecule has 4 atom stereocenters. The first kappa shape index (κ1) is 52.2. The Labute approximate surface area is 371 Å². The molecule has 1 fully saturated rings. The van der Waals surface area contributed by atoms with Gasteiger partial charge in [0.05, 0.1) is 9.52 Å². The lowest BCUT2D eigenvalue weighted by Gasteiger charge is -2.44. The Bertz CT molecular complexity index is 1430. The maximum atomic E-state index is 9.83. The molecule has 4 unspecified atom stereocenters. The standard InChI is InChI=1S/C51H92O4Si4/c1-11-27-47-37-38-49(35-23-19-15-13-17-21-29-43-31-25-33-45(52)41-43)58(7,8)55-59(9,10)50(40-39-48(28-12-2)57(5,6)54-51(3,4)56-47)36-24-20-16-14-18-22-30-44-32-26-34-46(53)42-44/h25-26,31-34,41-42,47-50,52-53H,11-24,27-30,35-40H2,1-10H3. The molecule has 8 heteroatoms. The molecule has 1 aliphatic heterocycles. The van der Waals surface area contributed by atoms with Crippen molar-refractivity contribution in [2.45, 2.75) is 248 Å². The fraction of sp³-hybridized carbons (Fsp3) is 0.765. The molecule has 59 heavy (non-hydrogen) atoms. The third-order valence-corrected chi connectivity index (χ3v) is 28.8. The molecule has 0 saturated carbocycles. The van der Waals surface area contributed by atoms with E-state index in [0.717, 1.165) is 33.4 Å². The van der Waals surface area contributed by atoms with Crippen LogP contribution in [0, 0.1) is 0 Å². The minimum absolute atomic E-state index is 0.0438. The van der Waals surface area contributed by atoms with Gasteiger partial charge in [-0.3, -0.25) is 0 Å². The molecule has 4 nitrogen and oxygen atoms in total. The number of aromatic hydroxyl groups is 2. The molecule has 1 heterocycles. The molecule has 3 rings (SSSR count). The molecule has 0 aliphatic carbocycles. The number of phenolic OH excluding ortho intramolecular Hbond substituents is 2. The number of benzene rings is 2. The monoisotopic (exact) mass is 881 g/mol. The van der Waals surface area contributed by atoms with Crippen LogP contribution < -0.4 is 0 Å². The van der Waals surface area contributed by atoms with Crippen molar-refractivity contribution in [2.75, 3.05) is 0 Å². The van der Waals surface area contributed by atoms with E-state index in [4.69, 9.17) is 8.54 Å². The van der Waals surface area contributed by atoms with Gasteiger partial charge in [0.2, 0.25) is 0 Å². The van der Waals surface area contributed by atoms with E-state index in [1.807, 2.05) is 24.3 Å². The van der Waals surface area contributed by atoms with E-state index < -0.39 is 25.0 Å². The lowest BCUT2D eigenvalue weighted by atomic mass is 10.0. The zero-order valence-electron chi connectivity index (χ0n) is 40.1. The van der Waals surface area contributed by atoms with Crippen LogP contribution in [-0.4, -0.2) is 49.9 Å². The third-order valence-electron chi connectivity index (χ3n) is 13.9. The van der Waals surface area contributed by atoms with Crippen molar-refractivity contribution in [1.82, 2.24) is 0 Å². The number of aryl methyl sites for hydroxylation is 2. The van der Waals surface area contributed by atoms with E-state index in [0.29, 0.717) is 22.6 Å². The summed E-state index contributed by atoms with van der Waals surface area (Å²) in [7, 11) is -5.05. The average Bonchev–Trinajstić information content (AvgIpc) is 3.14. The van der Waals surface area contributed by atoms with E-state index in [1.165, 1.54) is 152 Å². The quantitative estimate of drug-likeness (QED) is 0.0914. The third kappa shape index (κ3) is 20.3. The largest absolute Gasteiger partial charge is 0.508 e. The van der Waals surface area contributed by atoms with Crippen molar-refractivity contribution < 1.29 is 18.8 Å². The van der Waals surface area contributed by atoms with Gasteiger partial charge in [0, 0.05) is 5.22 Å². The van der Waals surface area contributed by atoms with Crippen molar-refractivity contribution in [3.8, 4) is 11.5 Å². The topological polar surface area (TPSA) is 58.9 Å². The van der Waals surface area contributed by atoms with Gasteiger partial charge in [0.15, 0.2) is 25.0 Å². The first-order chi connectivity index (χ1) is 28.0. The zero-order valence-corrected chi connectivity index (χ0v) is 44.1. The number of hydrogen-bond donors (Lipinski definition) is 2. The highest BCUT2D eigenvalue weighted by Crippen LogP contribution is 2.45. The van der Waals surface area contributed by atoms with Gasteiger partial charge in [-0.05, 0) is 136 Å². The van der Waals surface area contributed by atoms with Crippen LogP contribution in [0.15, 0.2) is 48.5 Å². The molecule has 1 aliphatic rings. The molecule has 2 aromatic rings. The Kier molecular flexibility index (Phi) is 23.4. The summed E-state index contributed by atoms with van der Waals surface area (Å²) >= 11 is 0. The first-order valence-electron chi connectivity index (χ1n) is 24.7. The van der Waals surface area contributed by atoms with Gasteiger partial charge in [0.25, 0.3) is 0 Å². The smallest absolute Gasteiger partial charge is 0.190 e. The van der Waals surface area contributed by atoms with Gasteiger partial charge in [-0.2, -0.15) is 0 Å². The molecule has 1 saturated heterocycles. The Morgan fingerprint density at radius 2 is 0.949 bits per heavy atom. The molecule has 336 valence electrons. The number of unbranched alkanes of at least 4 members (excludes halogenated alkanes) is 10. The first-order valence-corrected chi connectivity index (χ1v) is 34.7. The van der Waals surface area contributed by atoms with Crippen LogP contribution in [0.3, 0.4) is 0 Å². The highest BCUT2D eigenvalue weighted by Gasteiger charge is 2.45. The lowest BCUT2D eigenvalue weighted by Crippen LogP contribution is -2.50. The Morgan fingerprint density at radius 3 is 1.39 bits per heavy atom. The van der Waals surface area contributed by atoms with E-state index in [9.17, 15) is 10.2 Å². The number of rotatable bonds is 22. The predicted molar refractivity (Wildman–Crippen MR) is 266 cm³/mol. The highest BCUT2D eigenvalue weighted by molar-refractivity contribution is 6.86. The Morgan fingerprint density at radius 1 is 0.542 bits per heavy atom. The average molecular weight is 882 g/mol. The fourth-order valence-electron chi connectivity index (χ4n) is 10.7. The highest BCUT2D eigenvalue weighted by atomic mass is 28.4. The summed E-state index contributed by atoms with van der Waals surface area (Å²) in [5.41, 5.74) is 5.39. The molecule has 2 radical (unpaired) electrons. The molecule has 0 spiro atoms. The summed E-state index contributed by atoms with van der Waals surface area (Å²) in [6, 6.07) is 15.6. The van der Waals surface area contributed by atoms with Crippen LogP contribution in [0.25, 0.3) is 0 Å². The molecule has 2 N–H and O–H groups in total. The van der Waals surface area contributed by atoms with Crippen LogP contribution in [-0.2, 0) is 21.4 Å². The van der Waals surface area contributed by atoms with Gasteiger partial charge in [-0.15, -0.1) is 0 Å². The van der Waals surface area contributed by atoms with Crippen molar-refractivity contribution in [3.05, 3.63) is 59.7 Å². The minimum atomic E-state index is -2.00. The van der Waals surface area contributed by atoms with Crippen LogP contribution in [0.5, 0.6) is 11.5 Å². The number of phenols is 2. The maximum Gasteiger partial charge on any atom is 0.190 e. The maximum absolute atomic E-state index is 9.83. The summed E-state index contributed by atoms with van der Waals surface area (Å²) in [6.45, 7) is 25.3. The fourth-order valence-corrected chi connectivity index (χ4v) is 27.1. The number of hydrogen-bond acceptors (Lipinski definition) is 4. The summed E-state index contributed by atoms with van der Waals surface area (Å²) in [4.78, 5) is 0. The molecular weight excluding hydrogens is 789 g/mol. The molecular formula is C51H92O4Si4. The minimum Gasteiger partial charge on any atom is -0.508 e. The second kappa shape index (κ2) is 26.5. The van der Waals surface area contributed by atoms with Crippen LogP contribution in [0.1, 0.15) is 180 Å². The lowest BCUT2D eigenvalue weighted by molar-refractivity contribution is 0.173. The predicted octanol–water partition coefficient (Wildman–Crippen LogP) is 16.5. The Balaban J connectivity index is 1.69. The van der Waals surface area contributed by atoms with Gasteiger partial charge in [-0.25, -0.2) is 0 Å². The molecule has 0 aromatic heterocycles. The van der Waals surface area contributed by atoms with E-state index >= 15 is 0 Å². The summed E-state index contributed by atoms with van der Waals surface area (Å²) in [5.74, 6) is 0.774. The Hall–Kier alpha value is -1.17. The SMILES string of the molecule is CCCC1CCC(CCCCCCCCc2cccc(O)c2)[Si](C)(C)O[Si](C)(C)C(CCCCCCCCc2cccc(O)c2)CCC(CCC)[Si](C)(C)OC(C)(C)[Si]1. The van der Waals surface area contributed by atoms with Gasteiger partial charge >= 0.3 is 0 Å².